The Morgan fingerprint density at radius 2 is 1.14 bits per heavy atom. The highest BCUT2D eigenvalue weighted by molar-refractivity contribution is 7.26. The highest BCUT2D eigenvalue weighted by atomic mass is 32.1. The largest absolute Gasteiger partial charge is 0.334 e. The third-order valence-corrected chi connectivity index (χ3v) is 26.0. The molecule has 0 N–H and O–H groups in total. The van der Waals surface area contributed by atoms with E-state index in [1.165, 1.54) is 167 Å². The summed E-state index contributed by atoms with van der Waals surface area (Å²) in [6, 6.07) is 52.7. The molecule has 8 aliphatic rings. The van der Waals surface area contributed by atoms with E-state index in [1.54, 1.807) is 11.1 Å². The van der Waals surface area contributed by atoms with Crippen LogP contribution in [0.3, 0.4) is 0 Å². The van der Waals surface area contributed by atoms with E-state index in [0.717, 1.165) is 18.8 Å². The zero-order valence-electron chi connectivity index (χ0n) is 53.2. The van der Waals surface area contributed by atoms with Crippen LogP contribution in [0.5, 0.6) is 0 Å². The fraction of sp³-hybridized carbons (Fsp3) is 0.443. The van der Waals surface area contributed by atoms with Crippen molar-refractivity contribution in [3.8, 4) is 11.1 Å². The molecule has 3 aliphatic heterocycles. The van der Waals surface area contributed by atoms with E-state index < -0.39 is 0 Å². The first-order chi connectivity index (χ1) is 39.8. The molecular weight excluding hydrogens is 1030 g/mol. The van der Waals surface area contributed by atoms with Crippen LogP contribution in [0.2, 0.25) is 0 Å². The SMILES string of the molecule is CC1c2cc3sc4c(c3cc2C2(C)CCC12)B1c2cc3c(cc2N(c2ccc(C(C)(C)C)cc2-c2ccccc2)c2cc(N5c6ccccc6C6(C)CCCCC56C)cc(c21)N4c1ccc2c(c1)C(C)(C)CCC2(C)C)C(C)(C)CCC3(C)C. The second-order valence-electron chi connectivity index (χ2n) is 32.3. The van der Waals surface area contributed by atoms with Crippen molar-refractivity contribution in [3.63, 3.8) is 0 Å². The molecular formula is C79H88BN3S. The molecule has 16 rings (SSSR count). The third-order valence-electron chi connectivity index (χ3n) is 24.9. The maximum atomic E-state index is 2.87. The summed E-state index contributed by atoms with van der Waals surface area (Å²) in [7, 11) is 0. The van der Waals surface area contributed by atoms with Crippen molar-refractivity contribution in [2.75, 3.05) is 14.7 Å². The van der Waals surface area contributed by atoms with Crippen molar-refractivity contribution in [2.24, 2.45) is 5.92 Å². The number of hydrogen-bond acceptors (Lipinski definition) is 4. The van der Waals surface area contributed by atoms with Crippen LogP contribution in [0.25, 0.3) is 21.2 Å². The fourth-order valence-electron chi connectivity index (χ4n) is 19.1. The summed E-state index contributed by atoms with van der Waals surface area (Å²) < 4.78 is 1.45. The van der Waals surface area contributed by atoms with Crippen LogP contribution in [0, 0.1) is 5.92 Å². The van der Waals surface area contributed by atoms with Crippen LogP contribution < -0.4 is 31.1 Å². The zero-order valence-corrected chi connectivity index (χ0v) is 54.0. The maximum Gasteiger partial charge on any atom is 0.254 e. The summed E-state index contributed by atoms with van der Waals surface area (Å²) in [5.74, 6) is 1.29. The lowest BCUT2D eigenvalue weighted by molar-refractivity contribution is 0.142. The minimum absolute atomic E-state index is 0.000875. The quantitative estimate of drug-likeness (QED) is 0.163. The Labute approximate surface area is 507 Å². The van der Waals surface area contributed by atoms with E-state index in [-0.39, 0.29) is 50.2 Å². The van der Waals surface area contributed by atoms with Gasteiger partial charge < -0.3 is 14.7 Å². The van der Waals surface area contributed by atoms with Crippen molar-refractivity contribution in [1.29, 1.82) is 0 Å². The Kier molecular flexibility index (Phi) is 10.9. The normalized spacial score (nSPS) is 26.7. The molecule has 84 heavy (non-hydrogen) atoms. The summed E-state index contributed by atoms with van der Waals surface area (Å²) in [5.41, 5.74) is 28.5. The number of thiophene rings is 1. The lowest BCUT2D eigenvalue weighted by Crippen LogP contribution is -2.61. The molecule has 428 valence electrons. The van der Waals surface area contributed by atoms with E-state index in [9.17, 15) is 0 Å². The first-order valence-corrected chi connectivity index (χ1v) is 33.4. The predicted octanol–water partition coefficient (Wildman–Crippen LogP) is 20.2. The Morgan fingerprint density at radius 1 is 0.500 bits per heavy atom. The minimum atomic E-state index is -0.138. The van der Waals surface area contributed by atoms with Gasteiger partial charge in [-0.3, -0.25) is 0 Å². The van der Waals surface area contributed by atoms with Gasteiger partial charge in [0.25, 0.3) is 6.71 Å². The van der Waals surface area contributed by atoms with Crippen LogP contribution in [-0.4, -0.2) is 12.3 Å². The predicted molar refractivity (Wildman–Crippen MR) is 362 cm³/mol. The van der Waals surface area contributed by atoms with Crippen molar-refractivity contribution in [1.82, 2.24) is 0 Å². The smallest absolute Gasteiger partial charge is 0.254 e. The number of hydrogen-bond donors (Lipinski definition) is 0. The number of anilines is 8. The molecule has 5 aliphatic carbocycles. The number of fused-ring (bicyclic) bond motifs is 14. The van der Waals surface area contributed by atoms with Gasteiger partial charge in [0.15, 0.2) is 0 Å². The molecule has 4 heterocycles. The van der Waals surface area contributed by atoms with Crippen LogP contribution in [0.1, 0.15) is 218 Å². The number of nitrogens with zero attached hydrogens (tertiary/aromatic N) is 3. The average Bonchev–Trinajstić information content (AvgIpc) is 1.33. The van der Waals surface area contributed by atoms with Crippen LogP contribution in [0.15, 0.2) is 127 Å². The average molecular weight is 1120 g/mol. The van der Waals surface area contributed by atoms with Gasteiger partial charge in [-0.25, -0.2) is 0 Å². The van der Waals surface area contributed by atoms with E-state index in [2.05, 4.69) is 257 Å². The van der Waals surface area contributed by atoms with Crippen molar-refractivity contribution < 1.29 is 0 Å². The molecule has 5 unspecified atom stereocenters. The van der Waals surface area contributed by atoms with Gasteiger partial charge in [0.2, 0.25) is 0 Å². The van der Waals surface area contributed by atoms with E-state index in [4.69, 9.17) is 0 Å². The van der Waals surface area contributed by atoms with Crippen molar-refractivity contribution >= 4 is 89.3 Å². The molecule has 0 amide bonds. The lowest BCUT2D eigenvalue weighted by Gasteiger charge is -2.51. The Bertz CT molecular complexity index is 4150. The van der Waals surface area contributed by atoms with E-state index in [0.29, 0.717) is 5.92 Å². The monoisotopic (exact) mass is 1120 g/mol. The molecule has 5 atom stereocenters. The first-order valence-electron chi connectivity index (χ1n) is 32.6. The summed E-state index contributed by atoms with van der Waals surface area (Å²) in [6.45, 7) is 37.7. The molecule has 0 saturated heterocycles. The molecule has 0 spiro atoms. The number of para-hydroxylation sites is 1. The molecule has 3 nitrogen and oxygen atoms in total. The van der Waals surface area contributed by atoms with Gasteiger partial charge in [0, 0.05) is 49.8 Å². The van der Waals surface area contributed by atoms with E-state index >= 15 is 0 Å². The highest BCUT2D eigenvalue weighted by Crippen LogP contribution is 2.65. The topological polar surface area (TPSA) is 9.72 Å². The molecule has 5 heteroatoms. The summed E-state index contributed by atoms with van der Waals surface area (Å²) in [5, 5.41) is 2.87. The van der Waals surface area contributed by atoms with Crippen LogP contribution in [0.4, 0.5) is 44.8 Å². The van der Waals surface area contributed by atoms with Crippen molar-refractivity contribution in [3.05, 3.63) is 172 Å². The molecule has 1 aromatic heterocycles. The summed E-state index contributed by atoms with van der Waals surface area (Å²) >= 11 is 2.09. The van der Waals surface area contributed by atoms with Crippen LogP contribution >= 0.6 is 11.3 Å². The number of benzene rings is 7. The number of rotatable bonds is 4. The molecule has 0 radical (unpaired) electrons. The van der Waals surface area contributed by atoms with Gasteiger partial charge in [-0.1, -0.05) is 177 Å². The molecule has 8 aromatic rings. The molecule has 2 saturated carbocycles. The standard InChI is InChI=1S/C79H88BN3S/c1-47-52-44-68-54(43-58(52)77(13)34-31-55(47)77)69-71(84-68)81(50-28-29-56-59(40-50)74(7,8)36-35-73(56,5)6)66-41-51(83-64-26-20-19-25-57(64)78(14)32-21-22-33-79(78,83)15)42-67-70(66)80(69)62-45-60-61(76(11,12)38-37-75(60,9)10)46-65(62)82(67)63-30-27-49(72(2,3)4)39-53(63)48-23-17-16-18-24-48/h16-20,23-30,39-47,55H,21-22,31-38H2,1-15H3. The minimum Gasteiger partial charge on any atom is -0.334 e. The van der Waals surface area contributed by atoms with Gasteiger partial charge >= 0.3 is 0 Å². The molecule has 7 aromatic carbocycles. The Morgan fingerprint density at radius 3 is 1.83 bits per heavy atom. The molecule has 0 bridgehead atoms. The van der Waals surface area contributed by atoms with Gasteiger partial charge in [0.1, 0.15) is 0 Å². The highest BCUT2D eigenvalue weighted by Gasteiger charge is 2.59. The summed E-state index contributed by atoms with van der Waals surface area (Å²) in [6.07, 6.45) is 12.1. The Hall–Kier alpha value is -6.04. The fourth-order valence-corrected chi connectivity index (χ4v) is 20.4. The van der Waals surface area contributed by atoms with E-state index in [1.807, 2.05) is 0 Å². The summed E-state index contributed by atoms with van der Waals surface area (Å²) in [4.78, 5) is 8.53. The Balaban J connectivity index is 1.08. The van der Waals surface area contributed by atoms with Gasteiger partial charge in [-0.2, -0.15) is 0 Å². The maximum absolute atomic E-state index is 2.87. The third kappa shape index (κ3) is 7.00. The molecule has 2 fully saturated rings. The van der Waals surface area contributed by atoms with Crippen molar-refractivity contribution in [2.45, 2.75) is 217 Å². The second-order valence-corrected chi connectivity index (χ2v) is 33.4. The second kappa shape index (κ2) is 17.1. The van der Waals surface area contributed by atoms with Gasteiger partial charge in [0.05, 0.1) is 16.2 Å². The zero-order chi connectivity index (χ0) is 58.4. The lowest BCUT2D eigenvalue weighted by atomic mass is 9.33. The van der Waals surface area contributed by atoms with Gasteiger partial charge in [-0.05, 0) is 235 Å². The van der Waals surface area contributed by atoms with Crippen LogP contribution in [-0.2, 0) is 37.9 Å². The van der Waals surface area contributed by atoms with Gasteiger partial charge in [-0.15, -0.1) is 11.3 Å². The first kappa shape index (κ1) is 53.4.